The molecule has 27 heavy (non-hydrogen) atoms. The second kappa shape index (κ2) is 10.9. The van der Waals surface area contributed by atoms with Crippen molar-refractivity contribution in [1.82, 2.24) is 5.32 Å². The van der Waals surface area contributed by atoms with Crippen LogP contribution in [0, 0.1) is 5.92 Å². The lowest BCUT2D eigenvalue weighted by Gasteiger charge is -2.39. The molecule has 1 unspecified atom stereocenters. The van der Waals surface area contributed by atoms with Crippen LogP contribution in [-0.4, -0.2) is 76.8 Å². The van der Waals surface area contributed by atoms with E-state index in [4.69, 9.17) is 14.6 Å². The Morgan fingerprint density at radius 3 is 2.74 bits per heavy atom. The fourth-order valence-corrected chi connectivity index (χ4v) is 3.06. The van der Waals surface area contributed by atoms with Crippen molar-refractivity contribution in [2.75, 3.05) is 19.8 Å². The predicted molar refractivity (Wildman–Crippen MR) is 97.6 cm³/mol. The van der Waals surface area contributed by atoms with Gasteiger partial charge in [-0.1, -0.05) is 30.7 Å². The number of allylic oxidation sites excluding steroid dienone is 4. The Morgan fingerprint density at radius 2 is 2.07 bits per heavy atom. The quantitative estimate of drug-likeness (QED) is 0.324. The van der Waals surface area contributed by atoms with E-state index < -0.39 is 43.2 Å². The minimum atomic E-state index is -1.49. The highest BCUT2D eigenvalue weighted by atomic mass is 16.7. The Bertz CT molecular complexity index is 534. The average molecular weight is 385 g/mol. The first-order valence-electron chi connectivity index (χ1n) is 9.48. The molecule has 1 aliphatic heterocycles. The lowest BCUT2D eigenvalue weighted by Crippen LogP contribution is -2.59. The van der Waals surface area contributed by atoms with Crippen molar-refractivity contribution in [1.29, 1.82) is 0 Å². The second-order valence-electron chi connectivity index (χ2n) is 7.14. The Hall–Kier alpha value is -1.29. The van der Waals surface area contributed by atoms with Crippen molar-refractivity contribution < 1.29 is 34.7 Å². The Morgan fingerprint density at radius 1 is 1.30 bits per heavy atom. The predicted octanol–water partition coefficient (Wildman–Crippen LogP) is -0.388. The van der Waals surface area contributed by atoms with Gasteiger partial charge in [-0.3, -0.25) is 4.79 Å². The highest BCUT2D eigenvalue weighted by Crippen LogP contribution is 2.22. The van der Waals surface area contributed by atoms with E-state index >= 15 is 0 Å². The van der Waals surface area contributed by atoms with Gasteiger partial charge in [-0.25, -0.2) is 0 Å². The summed E-state index contributed by atoms with van der Waals surface area (Å²) in [5.74, 6) is -0.638. The molecule has 0 spiro atoms. The molecular formula is C19H31NO7. The van der Waals surface area contributed by atoms with Crippen molar-refractivity contribution >= 4 is 5.91 Å². The van der Waals surface area contributed by atoms with Gasteiger partial charge in [0.1, 0.15) is 24.4 Å². The number of rotatable bonds is 10. The van der Waals surface area contributed by atoms with Crippen LogP contribution < -0.4 is 5.32 Å². The molecule has 0 saturated carbocycles. The van der Waals surface area contributed by atoms with Crippen molar-refractivity contribution in [3.05, 3.63) is 23.8 Å². The zero-order valence-corrected chi connectivity index (χ0v) is 15.7. The van der Waals surface area contributed by atoms with E-state index in [9.17, 15) is 20.1 Å². The topological polar surface area (TPSA) is 128 Å². The number of hydrogen-bond acceptors (Lipinski definition) is 7. The van der Waals surface area contributed by atoms with Gasteiger partial charge in [0.2, 0.25) is 5.91 Å². The van der Waals surface area contributed by atoms with Gasteiger partial charge in [-0.05, 0) is 25.7 Å². The molecular weight excluding hydrogens is 354 g/mol. The molecule has 8 nitrogen and oxygen atoms in total. The zero-order valence-electron chi connectivity index (χ0n) is 15.7. The summed E-state index contributed by atoms with van der Waals surface area (Å²) in [5.41, 5.74) is 1.42. The standard InChI is InChI=1S/C19H31NO7/c1-12(18(25)20-9-5-4-8-13-6-2-3-7-13)11-26-19-17(24)16(23)15(22)14(10-21)27-19/h2-3,6,12,14-17,19,21-24H,4-5,7-11H2,1H3,(H,20,25)/t12-,14-,15-,16+,17+,19?/m1/s1. The lowest BCUT2D eigenvalue weighted by molar-refractivity contribution is -0.302. The van der Waals surface area contributed by atoms with Crippen LogP contribution in [0.5, 0.6) is 0 Å². The molecule has 5 N–H and O–H groups in total. The number of ether oxygens (including phenoxy) is 2. The number of unbranched alkanes of at least 4 members (excludes halogenated alkanes) is 1. The molecule has 0 bridgehead atoms. The average Bonchev–Trinajstić information content (AvgIpc) is 3.18. The van der Waals surface area contributed by atoms with Gasteiger partial charge >= 0.3 is 0 Å². The van der Waals surface area contributed by atoms with Crippen LogP contribution in [0.2, 0.25) is 0 Å². The molecule has 1 aliphatic carbocycles. The highest BCUT2D eigenvalue weighted by Gasteiger charge is 2.44. The van der Waals surface area contributed by atoms with Gasteiger partial charge in [0.25, 0.3) is 0 Å². The molecule has 6 atom stereocenters. The molecule has 1 heterocycles. The number of carbonyl (C=O) groups is 1. The minimum Gasteiger partial charge on any atom is -0.394 e. The van der Waals surface area contributed by atoms with Crippen LogP contribution in [0.1, 0.15) is 32.6 Å². The SMILES string of the molecule is C[C@H](COC1O[C@H](CO)[C@@H](O)[C@H](O)[C@@H]1O)C(=O)NCCCCC1=CC=CC1. The largest absolute Gasteiger partial charge is 0.394 e. The van der Waals surface area contributed by atoms with Crippen LogP contribution in [0.25, 0.3) is 0 Å². The van der Waals surface area contributed by atoms with Gasteiger partial charge < -0.3 is 35.2 Å². The van der Waals surface area contributed by atoms with E-state index in [1.54, 1.807) is 6.92 Å². The zero-order chi connectivity index (χ0) is 19.8. The second-order valence-corrected chi connectivity index (χ2v) is 7.14. The third-order valence-electron chi connectivity index (χ3n) is 4.88. The summed E-state index contributed by atoms with van der Waals surface area (Å²) in [4.78, 5) is 12.1. The summed E-state index contributed by atoms with van der Waals surface area (Å²) in [6.07, 6.45) is 3.68. The van der Waals surface area contributed by atoms with E-state index in [1.165, 1.54) is 5.57 Å². The van der Waals surface area contributed by atoms with Gasteiger partial charge in [0.05, 0.1) is 19.1 Å². The third-order valence-corrected chi connectivity index (χ3v) is 4.88. The Balaban J connectivity index is 1.63. The molecule has 0 radical (unpaired) electrons. The summed E-state index contributed by atoms with van der Waals surface area (Å²) < 4.78 is 10.6. The molecule has 8 heteroatoms. The van der Waals surface area contributed by atoms with Gasteiger partial charge in [-0.2, -0.15) is 0 Å². The van der Waals surface area contributed by atoms with Gasteiger partial charge in [0.15, 0.2) is 6.29 Å². The number of hydrogen-bond donors (Lipinski definition) is 5. The van der Waals surface area contributed by atoms with Crippen molar-refractivity contribution in [3.8, 4) is 0 Å². The maximum absolute atomic E-state index is 12.1. The first-order valence-corrected chi connectivity index (χ1v) is 9.48. The van der Waals surface area contributed by atoms with Crippen LogP contribution >= 0.6 is 0 Å². The number of carbonyl (C=O) groups excluding carboxylic acids is 1. The fourth-order valence-electron chi connectivity index (χ4n) is 3.06. The highest BCUT2D eigenvalue weighted by molar-refractivity contribution is 5.78. The van der Waals surface area contributed by atoms with Crippen LogP contribution in [0.3, 0.4) is 0 Å². The summed E-state index contributed by atoms with van der Waals surface area (Å²) in [7, 11) is 0. The fraction of sp³-hybridized carbons (Fsp3) is 0.737. The summed E-state index contributed by atoms with van der Waals surface area (Å²) in [6, 6.07) is 0. The molecule has 0 aromatic heterocycles. The minimum absolute atomic E-state index is 0.0208. The number of aliphatic hydroxyl groups excluding tert-OH is 4. The first kappa shape index (κ1) is 22.0. The molecule has 2 rings (SSSR count). The van der Waals surface area contributed by atoms with Crippen LogP contribution in [-0.2, 0) is 14.3 Å². The maximum atomic E-state index is 12.1. The first-order chi connectivity index (χ1) is 12.9. The lowest BCUT2D eigenvalue weighted by atomic mass is 9.99. The van der Waals surface area contributed by atoms with Gasteiger partial charge in [-0.15, -0.1) is 0 Å². The van der Waals surface area contributed by atoms with Crippen molar-refractivity contribution in [2.24, 2.45) is 5.92 Å². The Labute approximate surface area is 159 Å². The number of amides is 1. The van der Waals surface area contributed by atoms with E-state index in [0.717, 1.165) is 25.7 Å². The van der Waals surface area contributed by atoms with Crippen LogP contribution in [0.15, 0.2) is 23.8 Å². The van der Waals surface area contributed by atoms with E-state index in [2.05, 4.69) is 23.5 Å². The summed E-state index contributed by atoms with van der Waals surface area (Å²) >= 11 is 0. The van der Waals surface area contributed by atoms with Crippen LogP contribution in [0.4, 0.5) is 0 Å². The molecule has 1 amide bonds. The molecule has 1 saturated heterocycles. The van der Waals surface area contributed by atoms with Crippen molar-refractivity contribution in [2.45, 2.75) is 63.3 Å². The summed E-state index contributed by atoms with van der Waals surface area (Å²) in [5, 5.41) is 41.4. The smallest absolute Gasteiger partial charge is 0.225 e. The monoisotopic (exact) mass is 385 g/mol. The maximum Gasteiger partial charge on any atom is 0.225 e. The third kappa shape index (κ3) is 6.38. The number of aliphatic hydroxyl groups is 4. The normalized spacial score (nSPS) is 31.6. The molecule has 1 fully saturated rings. The Kier molecular flexibility index (Phi) is 8.88. The van der Waals surface area contributed by atoms with E-state index in [-0.39, 0.29) is 12.5 Å². The van der Waals surface area contributed by atoms with Crippen molar-refractivity contribution in [3.63, 3.8) is 0 Å². The van der Waals surface area contributed by atoms with Gasteiger partial charge in [0, 0.05) is 6.54 Å². The van der Waals surface area contributed by atoms with E-state index in [0.29, 0.717) is 6.54 Å². The molecule has 2 aliphatic rings. The molecule has 0 aromatic rings. The summed E-state index contributed by atoms with van der Waals surface area (Å²) in [6.45, 7) is 1.74. The molecule has 154 valence electrons. The molecule has 0 aromatic carbocycles. The van der Waals surface area contributed by atoms with E-state index in [1.807, 2.05) is 0 Å². The number of nitrogens with one attached hydrogen (secondary N) is 1.